The smallest absolute Gasteiger partial charge is 0.216 e. The minimum absolute atomic E-state index is 0.159. The predicted octanol–water partition coefficient (Wildman–Crippen LogP) is 5.16. The predicted molar refractivity (Wildman–Crippen MR) is 91.2 cm³/mol. The van der Waals surface area contributed by atoms with E-state index in [0.29, 0.717) is 19.3 Å². The fraction of sp³-hybridized carbons (Fsp3) is 0.722. The Bertz CT molecular complexity index is 337. The van der Waals surface area contributed by atoms with Gasteiger partial charge in [0.2, 0.25) is 6.04 Å². The van der Waals surface area contributed by atoms with Crippen molar-refractivity contribution in [1.82, 2.24) is 0 Å². The summed E-state index contributed by atoms with van der Waals surface area (Å²) in [5.74, 6) is 0. The van der Waals surface area contributed by atoms with Gasteiger partial charge in [-0.15, -0.1) is 0 Å². The summed E-state index contributed by atoms with van der Waals surface area (Å²) in [6.45, 7) is 2.06. The van der Waals surface area contributed by atoms with Crippen LogP contribution >= 0.6 is 0 Å². The number of nitro groups is 1. The summed E-state index contributed by atoms with van der Waals surface area (Å²) >= 11 is 0. The fourth-order valence-corrected chi connectivity index (χ4v) is 2.24. The van der Waals surface area contributed by atoms with Crippen LogP contribution in [0.2, 0.25) is 0 Å². The van der Waals surface area contributed by atoms with Crippen molar-refractivity contribution >= 4 is 6.29 Å². The molecule has 0 fully saturated rings. The van der Waals surface area contributed by atoms with E-state index in [2.05, 4.69) is 19.1 Å². The summed E-state index contributed by atoms with van der Waals surface area (Å²) in [7, 11) is 0. The third-order valence-corrected chi connectivity index (χ3v) is 3.59. The molecule has 0 saturated carbocycles. The molecule has 0 spiro atoms. The molecule has 4 nitrogen and oxygen atoms in total. The lowest BCUT2D eigenvalue weighted by molar-refractivity contribution is -0.522. The van der Waals surface area contributed by atoms with E-state index in [-0.39, 0.29) is 4.92 Å². The van der Waals surface area contributed by atoms with Crippen LogP contribution in [-0.2, 0) is 4.79 Å². The van der Waals surface area contributed by atoms with E-state index in [4.69, 9.17) is 0 Å². The van der Waals surface area contributed by atoms with Crippen molar-refractivity contribution in [1.29, 1.82) is 0 Å². The summed E-state index contributed by atoms with van der Waals surface area (Å²) in [6, 6.07) is -0.461. The molecule has 0 aliphatic carbocycles. The zero-order valence-electron chi connectivity index (χ0n) is 13.8. The molecule has 1 radical (unpaired) electrons. The molecule has 0 N–H and O–H groups in total. The summed E-state index contributed by atoms with van der Waals surface area (Å²) in [6.07, 6.45) is 19.9. The summed E-state index contributed by atoms with van der Waals surface area (Å²) < 4.78 is 0. The summed E-state index contributed by atoms with van der Waals surface area (Å²) in [4.78, 5) is 20.8. The van der Waals surface area contributed by atoms with Crippen molar-refractivity contribution in [2.75, 3.05) is 0 Å². The van der Waals surface area contributed by atoms with E-state index < -0.39 is 6.04 Å². The molecule has 0 heterocycles. The Hall–Kier alpha value is -1.45. The minimum atomic E-state index is -0.461. The van der Waals surface area contributed by atoms with Gasteiger partial charge in [-0.25, -0.2) is 0 Å². The Morgan fingerprint density at radius 1 is 1.00 bits per heavy atom. The molecule has 0 aromatic heterocycles. The van der Waals surface area contributed by atoms with Crippen molar-refractivity contribution in [3.63, 3.8) is 0 Å². The normalized spacial score (nSPS) is 13.0. The molecule has 0 rings (SSSR count). The van der Waals surface area contributed by atoms with E-state index in [0.717, 1.165) is 51.4 Å². The first kappa shape index (κ1) is 20.6. The SMILES string of the molecule is CC/C=C/CCC(C/C=C/CCCCCCC[C]=O)[N+](=O)[O-]. The van der Waals surface area contributed by atoms with E-state index in [1.165, 1.54) is 0 Å². The minimum Gasteiger partial charge on any atom is -0.291 e. The Morgan fingerprint density at radius 3 is 2.36 bits per heavy atom. The molecule has 0 aromatic rings. The van der Waals surface area contributed by atoms with Gasteiger partial charge in [0.25, 0.3) is 0 Å². The van der Waals surface area contributed by atoms with Crippen LogP contribution in [0.15, 0.2) is 24.3 Å². The maximum Gasteiger partial charge on any atom is 0.216 e. The van der Waals surface area contributed by atoms with Crippen LogP contribution in [0.25, 0.3) is 0 Å². The molecule has 22 heavy (non-hydrogen) atoms. The quantitative estimate of drug-likeness (QED) is 0.181. The second-order valence-electron chi connectivity index (χ2n) is 5.55. The monoisotopic (exact) mass is 308 g/mol. The highest BCUT2D eigenvalue weighted by molar-refractivity contribution is 5.50. The Labute approximate surface area is 134 Å². The second-order valence-corrected chi connectivity index (χ2v) is 5.55. The second kappa shape index (κ2) is 15.9. The highest BCUT2D eigenvalue weighted by Gasteiger charge is 2.16. The average molecular weight is 308 g/mol. The molecule has 0 bridgehead atoms. The van der Waals surface area contributed by atoms with E-state index in [1.54, 1.807) is 0 Å². The summed E-state index contributed by atoms with van der Waals surface area (Å²) in [5.41, 5.74) is 0. The van der Waals surface area contributed by atoms with Crippen molar-refractivity contribution in [2.24, 2.45) is 0 Å². The Kier molecular flexibility index (Phi) is 14.9. The van der Waals surface area contributed by atoms with Crippen molar-refractivity contribution in [2.45, 2.75) is 83.6 Å². The zero-order valence-corrected chi connectivity index (χ0v) is 13.8. The van der Waals surface area contributed by atoms with Crippen LogP contribution in [-0.4, -0.2) is 17.3 Å². The molecule has 4 heteroatoms. The van der Waals surface area contributed by atoms with Gasteiger partial charge < -0.3 is 0 Å². The van der Waals surface area contributed by atoms with Gasteiger partial charge in [0.05, 0.1) is 0 Å². The van der Waals surface area contributed by atoms with Crippen LogP contribution in [0.5, 0.6) is 0 Å². The van der Waals surface area contributed by atoms with Crippen molar-refractivity contribution in [3.8, 4) is 0 Å². The molecule has 0 aliphatic rings. The largest absolute Gasteiger partial charge is 0.291 e. The average Bonchev–Trinajstić information content (AvgIpc) is 2.50. The van der Waals surface area contributed by atoms with Crippen LogP contribution in [0.4, 0.5) is 0 Å². The third-order valence-electron chi connectivity index (χ3n) is 3.59. The number of carbonyl (C=O) groups excluding carboxylic acids is 1. The van der Waals surface area contributed by atoms with Crippen molar-refractivity contribution in [3.05, 3.63) is 34.4 Å². The molecule has 0 aromatic carbocycles. The number of allylic oxidation sites excluding steroid dienone is 3. The van der Waals surface area contributed by atoms with Gasteiger partial charge in [-0.05, 0) is 32.1 Å². The van der Waals surface area contributed by atoms with Crippen LogP contribution in [0.3, 0.4) is 0 Å². The molecule has 0 saturated heterocycles. The topological polar surface area (TPSA) is 60.2 Å². The lowest BCUT2D eigenvalue weighted by Crippen LogP contribution is -2.18. The molecule has 1 atom stereocenters. The zero-order chi connectivity index (χ0) is 16.5. The van der Waals surface area contributed by atoms with Crippen molar-refractivity contribution < 1.29 is 9.72 Å². The van der Waals surface area contributed by atoms with Gasteiger partial charge in [0.15, 0.2) is 6.29 Å². The van der Waals surface area contributed by atoms with Crippen LogP contribution < -0.4 is 0 Å². The van der Waals surface area contributed by atoms with E-state index >= 15 is 0 Å². The van der Waals surface area contributed by atoms with E-state index in [1.807, 2.05) is 18.4 Å². The molecular formula is C18H30NO3. The highest BCUT2D eigenvalue weighted by atomic mass is 16.6. The molecular weight excluding hydrogens is 278 g/mol. The lowest BCUT2D eigenvalue weighted by atomic mass is 10.1. The standard InChI is InChI=1S/C18H30NO3/c1-2-3-4-12-15-18(19(21)22)16-13-10-8-6-5-7-9-11-14-17-20/h3-4,10,13,18H,2,5-9,11-12,14-16H2,1H3/b4-3+,13-10+. The van der Waals surface area contributed by atoms with Gasteiger partial charge in [0.1, 0.15) is 0 Å². The fourth-order valence-electron chi connectivity index (χ4n) is 2.24. The molecule has 0 aliphatic heterocycles. The van der Waals surface area contributed by atoms with Gasteiger partial charge >= 0.3 is 0 Å². The van der Waals surface area contributed by atoms with Crippen LogP contribution in [0, 0.1) is 10.1 Å². The Balaban J connectivity index is 3.66. The first-order valence-corrected chi connectivity index (χ1v) is 8.50. The third kappa shape index (κ3) is 13.5. The lowest BCUT2D eigenvalue weighted by Gasteiger charge is -2.05. The number of hydrogen-bond acceptors (Lipinski definition) is 3. The molecule has 0 amide bonds. The van der Waals surface area contributed by atoms with E-state index in [9.17, 15) is 14.9 Å². The first-order valence-electron chi connectivity index (χ1n) is 8.50. The van der Waals surface area contributed by atoms with Gasteiger partial charge in [-0.3, -0.25) is 14.9 Å². The van der Waals surface area contributed by atoms with Gasteiger partial charge in [-0.2, -0.15) is 0 Å². The number of rotatable bonds is 15. The number of nitrogens with zero attached hydrogens (tertiary/aromatic N) is 1. The van der Waals surface area contributed by atoms with Crippen LogP contribution in [0.1, 0.15) is 77.6 Å². The van der Waals surface area contributed by atoms with Gasteiger partial charge in [0, 0.05) is 24.2 Å². The molecule has 125 valence electrons. The Morgan fingerprint density at radius 2 is 1.68 bits per heavy atom. The highest BCUT2D eigenvalue weighted by Crippen LogP contribution is 2.10. The van der Waals surface area contributed by atoms with Gasteiger partial charge in [-0.1, -0.05) is 50.5 Å². The number of unbranched alkanes of at least 4 members (excludes halogenated alkanes) is 6. The number of hydrogen-bond donors (Lipinski definition) is 0. The molecule has 1 unspecified atom stereocenters. The maximum atomic E-state index is 11.0. The maximum absolute atomic E-state index is 11.0. The summed E-state index contributed by atoms with van der Waals surface area (Å²) in [5, 5.41) is 11.0. The first-order chi connectivity index (χ1) is 10.7.